The van der Waals surface area contributed by atoms with Gasteiger partial charge >= 0.3 is 0 Å². The van der Waals surface area contributed by atoms with E-state index in [1.54, 1.807) is 0 Å². The molecule has 0 aliphatic heterocycles. The summed E-state index contributed by atoms with van der Waals surface area (Å²) in [6, 6.07) is 18.8. The van der Waals surface area contributed by atoms with Crippen LogP contribution in [-0.4, -0.2) is 0 Å². The van der Waals surface area contributed by atoms with Gasteiger partial charge in [-0.2, -0.15) is 0 Å². The van der Waals surface area contributed by atoms with Crippen LogP contribution in [-0.2, 0) is 6.42 Å². The van der Waals surface area contributed by atoms with Crippen molar-refractivity contribution in [3.8, 4) is 0 Å². The predicted octanol–water partition coefficient (Wildman–Crippen LogP) is 5.93. The maximum absolute atomic E-state index is 6.12. The Kier molecular flexibility index (Phi) is 3.98. The molecule has 1 unspecified atom stereocenters. The molecule has 0 heterocycles. The minimum Gasteiger partial charge on any atom is -0.0843 e. The van der Waals surface area contributed by atoms with Gasteiger partial charge in [-0.15, -0.1) is 0 Å². The van der Waals surface area contributed by atoms with Crippen molar-refractivity contribution in [2.75, 3.05) is 0 Å². The standard InChI is InChI=1S/C20H19Cl/c1-20(14-16-7-3-2-4-8-16)12-6-10-18(15-20)17-9-5-11-19(21)13-17/h2-9,11-13,15H,10,14H2,1H3. The van der Waals surface area contributed by atoms with Crippen LogP contribution in [0.25, 0.3) is 5.57 Å². The molecule has 1 heteroatoms. The SMILES string of the molecule is CC1(Cc2ccccc2)C=CCC(c2cccc(Cl)c2)=C1. The summed E-state index contributed by atoms with van der Waals surface area (Å²) in [5, 5.41) is 0.799. The lowest BCUT2D eigenvalue weighted by molar-refractivity contribution is 0.543. The first-order chi connectivity index (χ1) is 10.1. The summed E-state index contributed by atoms with van der Waals surface area (Å²) in [4.78, 5) is 0. The smallest absolute Gasteiger partial charge is 0.0412 e. The van der Waals surface area contributed by atoms with Crippen molar-refractivity contribution in [1.29, 1.82) is 0 Å². The number of halogens is 1. The molecule has 1 aliphatic rings. The van der Waals surface area contributed by atoms with E-state index in [-0.39, 0.29) is 5.41 Å². The first kappa shape index (κ1) is 14.2. The molecule has 0 bridgehead atoms. The maximum atomic E-state index is 6.12. The largest absolute Gasteiger partial charge is 0.0843 e. The molecule has 0 fully saturated rings. The van der Waals surface area contributed by atoms with E-state index in [1.807, 2.05) is 12.1 Å². The topological polar surface area (TPSA) is 0 Å². The van der Waals surface area contributed by atoms with Crippen molar-refractivity contribution in [3.63, 3.8) is 0 Å². The molecule has 3 rings (SSSR count). The van der Waals surface area contributed by atoms with Crippen LogP contribution in [0.3, 0.4) is 0 Å². The molecule has 1 atom stereocenters. The van der Waals surface area contributed by atoms with Gasteiger partial charge in [0.25, 0.3) is 0 Å². The second-order valence-corrected chi connectivity index (χ2v) is 6.39. The minimum atomic E-state index is 0.0667. The first-order valence-corrected chi connectivity index (χ1v) is 7.72. The van der Waals surface area contributed by atoms with Gasteiger partial charge in [0, 0.05) is 10.4 Å². The predicted molar refractivity (Wildman–Crippen MR) is 91.4 cm³/mol. The van der Waals surface area contributed by atoms with Gasteiger partial charge in [-0.3, -0.25) is 0 Å². The highest BCUT2D eigenvalue weighted by atomic mass is 35.5. The van der Waals surface area contributed by atoms with Gasteiger partial charge in [0.05, 0.1) is 0 Å². The van der Waals surface area contributed by atoms with Crippen molar-refractivity contribution < 1.29 is 0 Å². The Morgan fingerprint density at radius 3 is 2.62 bits per heavy atom. The van der Waals surface area contributed by atoms with Gasteiger partial charge in [-0.05, 0) is 41.7 Å². The Balaban J connectivity index is 1.89. The summed E-state index contributed by atoms with van der Waals surface area (Å²) in [7, 11) is 0. The third-order valence-electron chi connectivity index (χ3n) is 3.96. The molecule has 0 nitrogen and oxygen atoms in total. The number of benzene rings is 2. The van der Waals surface area contributed by atoms with E-state index in [0.29, 0.717) is 0 Å². The zero-order valence-electron chi connectivity index (χ0n) is 12.2. The van der Waals surface area contributed by atoms with Gasteiger partial charge in [-0.1, -0.05) is 79.2 Å². The highest BCUT2D eigenvalue weighted by molar-refractivity contribution is 6.30. The molecule has 21 heavy (non-hydrogen) atoms. The Hall–Kier alpha value is -1.79. The molecule has 0 aromatic heterocycles. The van der Waals surface area contributed by atoms with Crippen molar-refractivity contribution in [2.24, 2.45) is 5.41 Å². The average Bonchev–Trinajstić information content (AvgIpc) is 2.48. The molecule has 0 amide bonds. The minimum absolute atomic E-state index is 0.0667. The third-order valence-corrected chi connectivity index (χ3v) is 4.20. The van der Waals surface area contributed by atoms with E-state index in [1.165, 1.54) is 16.7 Å². The van der Waals surface area contributed by atoms with Crippen LogP contribution in [0.2, 0.25) is 5.02 Å². The van der Waals surface area contributed by atoms with E-state index in [9.17, 15) is 0 Å². The Morgan fingerprint density at radius 2 is 1.86 bits per heavy atom. The molecule has 1 aliphatic carbocycles. The Labute approximate surface area is 131 Å². The summed E-state index contributed by atoms with van der Waals surface area (Å²) < 4.78 is 0. The van der Waals surface area contributed by atoms with Gasteiger partial charge in [0.2, 0.25) is 0 Å². The van der Waals surface area contributed by atoms with Crippen LogP contribution in [0.1, 0.15) is 24.5 Å². The van der Waals surface area contributed by atoms with Crippen LogP contribution in [0.4, 0.5) is 0 Å². The molecule has 106 valence electrons. The molecule has 0 spiro atoms. The number of rotatable bonds is 3. The average molecular weight is 295 g/mol. The second-order valence-electron chi connectivity index (χ2n) is 5.95. The third kappa shape index (κ3) is 3.46. The van der Waals surface area contributed by atoms with E-state index < -0.39 is 0 Å². The van der Waals surface area contributed by atoms with Crippen LogP contribution >= 0.6 is 11.6 Å². The maximum Gasteiger partial charge on any atom is 0.0412 e. The van der Waals surface area contributed by atoms with E-state index in [2.05, 4.69) is 67.6 Å². The summed E-state index contributed by atoms with van der Waals surface area (Å²) in [6.07, 6.45) is 9.00. The highest BCUT2D eigenvalue weighted by Crippen LogP contribution is 2.36. The Bertz CT molecular complexity index is 682. The number of allylic oxidation sites excluding steroid dienone is 4. The summed E-state index contributed by atoms with van der Waals surface area (Å²) >= 11 is 6.12. The van der Waals surface area contributed by atoms with Crippen molar-refractivity contribution in [3.05, 3.63) is 89.0 Å². The fourth-order valence-corrected chi connectivity index (χ4v) is 3.19. The van der Waals surface area contributed by atoms with Crippen LogP contribution in [0.15, 0.2) is 72.8 Å². The molecule has 0 N–H and O–H groups in total. The number of hydrogen-bond acceptors (Lipinski definition) is 0. The highest BCUT2D eigenvalue weighted by Gasteiger charge is 2.22. The molecule has 2 aromatic rings. The van der Waals surface area contributed by atoms with Crippen molar-refractivity contribution in [1.82, 2.24) is 0 Å². The first-order valence-electron chi connectivity index (χ1n) is 7.34. The second kappa shape index (κ2) is 5.91. The summed E-state index contributed by atoms with van der Waals surface area (Å²) in [5.41, 5.74) is 4.02. The monoisotopic (exact) mass is 294 g/mol. The van der Waals surface area contributed by atoms with E-state index in [0.717, 1.165) is 17.9 Å². The zero-order valence-corrected chi connectivity index (χ0v) is 13.0. The molecular weight excluding hydrogens is 276 g/mol. The van der Waals surface area contributed by atoms with Crippen LogP contribution in [0.5, 0.6) is 0 Å². The molecular formula is C20H19Cl. The quantitative estimate of drug-likeness (QED) is 0.615. The van der Waals surface area contributed by atoms with Gasteiger partial charge in [0.1, 0.15) is 0 Å². The molecule has 0 saturated heterocycles. The summed E-state index contributed by atoms with van der Waals surface area (Å²) in [5.74, 6) is 0. The van der Waals surface area contributed by atoms with Gasteiger partial charge < -0.3 is 0 Å². The lowest BCUT2D eigenvalue weighted by Gasteiger charge is -2.27. The van der Waals surface area contributed by atoms with Crippen molar-refractivity contribution in [2.45, 2.75) is 19.8 Å². The van der Waals surface area contributed by atoms with E-state index >= 15 is 0 Å². The fraction of sp³-hybridized carbons (Fsp3) is 0.200. The molecule has 2 aromatic carbocycles. The lowest BCUT2D eigenvalue weighted by atomic mass is 9.77. The lowest BCUT2D eigenvalue weighted by Crippen LogP contribution is -2.16. The van der Waals surface area contributed by atoms with Crippen molar-refractivity contribution >= 4 is 17.2 Å². The molecule has 0 radical (unpaired) electrons. The van der Waals surface area contributed by atoms with Gasteiger partial charge in [0.15, 0.2) is 0 Å². The normalized spacial score (nSPS) is 21.1. The number of hydrogen-bond donors (Lipinski definition) is 0. The Morgan fingerprint density at radius 1 is 1.05 bits per heavy atom. The fourth-order valence-electron chi connectivity index (χ4n) is 3.00. The molecule has 0 saturated carbocycles. The van der Waals surface area contributed by atoms with E-state index in [4.69, 9.17) is 11.6 Å². The summed E-state index contributed by atoms with van der Waals surface area (Å²) in [6.45, 7) is 2.29. The van der Waals surface area contributed by atoms with Gasteiger partial charge in [-0.25, -0.2) is 0 Å². The zero-order chi connectivity index (χ0) is 14.7. The van der Waals surface area contributed by atoms with Crippen LogP contribution < -0.4 is 0 Å². The van der Waals surface area contributed by atoms with Crippen LogP contribution in [0, 0.1) is 5.41 Å².